The zero-order valence-corrected chi connectivity index (χ0v) is 62.2. The fourth-order valence-electron chi connectivity index (χ4n) is 17.3. The van der Waals surface area contributed by atoms with Crippen molar-refractivity contribution in [3.8, 4) is 83.6 Å². The molecule has 0 radical (unpaired) electrons. The summed E-state index contributed by atoms with van der Waals surface area (Å²) in [4.78, 5) is 7.50. The van der Waals surface area contributed by atoms with Gasteiger partial charge >= 0.3 is 0 Å². The minimum absolute atomic E-state index is 0.00506. The van der Waals surface area contributed by atoms with Crippen molar-refractivity contribution in [1.29, 1.82) is 0 Å². The van der Waals surface area contributed by atoms with E-state index in [9.17, 15) is 11.0 Å². The van der Waals surface area contributed by atoms with Crippen molar-refractivity contribution in [2.24, 2.45) is 0 Å². The van der Waals surface area contributed by atoms with E-state index in [0.29, 0.717) is 11.4 Å². The van der Waals surface area contributed by atoms with Crippen LogP contribution >= 0.6 is 0 Å². The minimum atomic E-state index is -0.510. The third-order valence-electron chi connectivity index (χ3n) is 22.7. The van der Waals surface area contributed by atoms with Gasteiger partial charge in [0.2, 0.25) is 0 Å². The van der Waals surface area contributed by atoms with Gasteiger partial charge in [-0.05, 0) is 191 Å². The molecule has 0 bridgehead atoms. The number of hydrogen-bond donors (Lipinski definition) is 0. The summed E-state index contributed by atoms with van der Waals surface area (Å²) in [6.45, 7) is 13.8. The van der Waals surface area contributed by atoms with Crippen LogP contribution in [0.5, 0.6) is 0 Å². The normalized spacial score (nSPS) is 14.1. The summed E-state index contributed by atoms with van der Waals surface area (Å²) < 4.78 is 78.2. The topological polar surface area (TPSA) is 14.7 Å². The van der Waals surface area contributed by atoms with E-state index in [2.05, 4.69) is 366 Å². The number of nitrogens with zero attached hydrogens (tertiary/aromatic N) is 4. The molecule has 526 valence electrons. The molecule has 20 rings (SSSR count). The van der Waals surface area contributed by atoms with E-state index in [0.717, 1.165) is 135 Å². The highest BCUT2D eigenvalue weighted by Crippen LogP contribution is 2.68. The molecular formula is C106H82N4. The summed E-state index contributed by atoms with van der Waals surface area (Å²) in [6.07, 6.45) is 0.747. The standard InChI is InChI=1S/C106H82N4/c1-105(2,3)82-58-78(59-83(67-82)106(4,5)6)75-53-55-95-97(64-75)109(102-89(71-37-17-9-18-38-71)60-79(69-33-13-7-14-34-69)61-90(102)72-39-19-10-20-40-72)99-65-81(101-85-47-27-25-45-76(85)57-77-46-26-28-48-86(77)101)66-100-104(99)108(95)96-56-54-84(107-93-51-31-29-49-87(93)88-50-30-32-52-94(88)107)68-98(96)110(100)103-91(73-41-21-11-22-42-73)62-80(70-35-15-8-16-36-70)63-92(103)74-43-23-12-24-44-74/h7-56,58-68,101H,57H2,1-6H3/i29D,30D,31D,32D,49D,50D,51D,52D. The van der Waals surface area contributed by atoms with Crippen LogP contribution in [0.1, 0.15) is 97.4 Å². The maximum atomic E-state index is 9.99. The molecule has 0 unspecified atom stereocenters. The van der Waals surface area contributed by atoms with Gasteiger partial charge in [-0.25, -0.2) is 0 Å². The van der Waals surface area contributed by atoms with Crippen LogP contribution in [0.15, 0.2) is 370 Å². The molecule has 0 fully saturated rings. The molecule has 4 nitrogen and oxygen atoms in total. The Kier molecular flexibility index (Phi) is 13.8. The third-order valence-corrected chi connectivity index (χ3v) is 22.7. The first-order valence-electron chi connectivity index (χ1n) is 42.0. The van der Waals surface area contributed by atoms with Gasteiger partial charge in [0.15, 0.2) is 0 Å². The average molecular weight is 1420 g/mol. The Labute approximate surface area is 656 Å². The highest BCUT2D eigenvalue weighted by atomic mass is 15.3. The van der Waals surface area contributed by atoms with Crippen molar-refractivity contribution in [3.63, 3.8) is 0 Å². The van der Waals surface area contributed by atoms with Gasteiger partial charge in [-0.2, -0.15) is 0 Å². The Morgan fingerprint density at radius 1 is 0.282 bits per heavy atom. The number of aromatic nitrogens is 1. The summed E-state index contributed by atoms with van der Waals surface area (Å²) in [7, 11) is 0. The third kappa shape index (κ3) is 11.2. The van der Waals surface area contributed by atoms with E-state index in [-0.39, 0.29) is 50.6 Å². The quantitative estimate of drug-likeness (QED) is 0.128. The summed E-state index contributed by atoms with van der Waals surface area (Å²) >= 11 is 0. The van der Waals surface area contributed by atoms with Crippen molar-refractivity contribution in [2.75, 3.05) is 14.7 Å². The van der Waals surface area contributed by atoms with Gasteiger partial charge in [0.1, 0.15) is 0 Å². The lowest BCUT2D eigenvalue weighted by Gasteiger charge is -2.49. The van der Waals surface area contributed by atoms with Crippen molar-refractivity contribution in [3.05, 3.63) is 409 Å². The van der Waals surface area contributed by atoms with Crippen LogP contribution in [0.2, 0.25) is 0 Å². The summed E-state index contributed by atoms with van der Waals surface area (Å²) in [6, 6.07) is 113. The second-order valence-electron chi connectivity index (χ2n) is 31.4. The molecule has 110 heavy (non-hydrogen) atoms. The van der Waals surface area contributed by atoms with Crippen molar-refractivity contribution in [2.45, 2.75) is 64.7 Å². The second kappa shape index (κ2) is 26.3. The Morgan fingerprint density at radius 3 is 1.05 bits per heavy atom. The molecule has 0 saturated carbocycles. The monoisotopic (exact) mass is 1420 g/mol. The maximum absolute atomic E-state index is 9.99. The molecule has 3 heterocycles. The highest BCUT2D eigenvalue weighted by molar-refractivity contribution is 6.18. The molecule has 16 aromatic carbocycles. The van der Waals surface area contributed by atoms with Crippen molar-refractivity contribution < 1.29 is 11.0 Å². The van der Waals surface area contributed by atoms with E-state index in [4.69, 9.17) is 0 Å². The summed E-state index contributed by atoms with van der Waals surface area (Å²) in [5.41, 5.74) is 30.0. The molecule has 3 aliphatic rings. The summed E-state index contributed by atoms with van der Waals surface area (Å²) in [5, 5.41) is -0.0101. The maximum Gasteiger partial charge on any atom is 0.0948 e. The number of para-hydroxylation sites is 2. The molecule has 0 N–H and O–H groups in total. The van der Waals surface area contributed by atoms with E-state index in [1.54, 1.807) is 4.57 Å². The predicted octanol–water partition coefficient (Wildman–Crippen LogP) is 29.2. The molecule has 0 amide bonds. The van der Waals surface area contributed by atoms with Crippen LogP contribution in [-0.2, 0) is 17.3 Å². The molecule has 0 saturated heterocycles. The molecule has 1 aromatic heterocycles. The van der Waals surface area contributed by atoms with Crippen LogP contribution in [0.4, 0.5) is 51.2 Å². The number of rotatable bonds is 11. The zero-order chi connectivity index (χ0) is 80.9. The molecule has 1 aliphatic carbocycles. The zero-order valence-electron chi connectivity index (χ0n) is 70.2. The van der Waals surface area contributed by atoms with Gasteiger partial charge in [0.05, 0.1) is 73.2 Å². The van der Waals surface area contributed by atoms with Crippen LogP contribution in [0.3, 0.4) is 0 Å². The molecule has 2 aliphatic heterocycles. The van der Waals surface area contributed by atoms with E-state index in [1.807, 2.05) is 12.1 Å². The van der Waals surface area contributed by atoms with Gasteiger partial charge in [0, 0.05) is 44.6 Å². The average Bonchev–Trinajstić information content (AvgIpc) is 0.889. The Hall–Kier alpha value is -13.3. The molecule has 0 spiro atoms. The van der Waals surface area contributed by atoms with Crippen molar-refractivity contribution in [1.82, 2.24) is 4.57 Å². The van der Waals surface area contributed by atoms with Gasteiger partial charge in [0.25, 0.3) is 0 Å². The van der Waals surface area contributed by atoms with Crippen LogP contribution in [-0.4, -0.2) is 4.57 Å². The Morgan fingerprint density at radius 2 is 0.636 bits per heavy atom. The van der Waals surface area contributed by atoms with E-state index in [1.165, 1.54) is 33.4 Å². The van der Waals surface area contributed by atoms with Gasteiger partial charge in [-0.1, -0.05) is 333 Å². The molecule has 17 aromatic rings. The first kappa shape index (κ1) is 57.9. The number of hydrogen-bond acceptors (Lipinski definition) is 3. The number of fused-ring (bicyclic) bond motifs is 9. The fourth-order valence-corrected chi connectivity index (χ4v) is 17.3. The van der Waals surface area contributed by atoms with Gasteiger partial charge in [-0.15, -0.1) is 0 Å². The highest BCUT2D eigenvalue weighted by Gasteiger charge is 2.44. The first-order chi connectivity index (χ1) is 57.2. The van der Waals surface area contributed by atoms with Crippen LogP contribution < -0.4 is 14.7 Å². The Bertz CT molecular complexity index is 6680. The van der Waals surface area contributed by atoms with Gasteiger partial charge in [-0.3, -0.25) is 0 Å². The lowest BCUT2D eigenvalue weighted by molar-refractivity contribution is 0.569. The summed E-state index contributed by atoms with van der Waals surface area (Å²) in [5.74, 6) is -0.328. The van der Waals surface area contributed by atoms with E-state index < -0.39 is 36.3 Å². The molecule has 0 atom stereocenters. The van der Waals surface area contributed by atoms with Crippen LogP contribution in [0.25, 0.3) is 105 Å². The fraction of sp³-hybridized carbons (Fsp3) is 0.0943. The lowest BCUT2D eigenvalue weighted by atomic mass is 9.74. The first-order valence-corrected chi connectivity index (χ1v) is 38.0. The number of benzene rings is 16. The van der Waals surface area contributed by atoms with Gasteiger partial charge < -0.3 is 19.3 Å². The Balaban J connectivity index is 1.01. The SMILES string of the molecule is [2H]c1c([2H])c([2H])c2c(c1[2H])c1c([2H])c([2H])c([2H])c([2H])c1n2-c1ccc2c(c1)N(c1c(-c3ccccc3)cc(-c3ccccc3)cc1-c1ccccc1)c1cc(C3c4ccccc4Cc4ccccc43)cc3c1N2c1ccc(-c2cc(C(C)(C)C)cc(C(C)(C)C)c2)cc1N3c1c(-c2ccccc2)cc(-c2ccccc2)cc1-c1ccccc1. The minimum Gasteiger partial charge on any atom is -0.309 e. The largest absolute Gasteiger partial charge is 0.309 e. The second-order valence-corrected chi connectivity index (χ2v) is 31.4. The number of anilines is 9. The van der Waals surface area contributed by atoms with E-state index >= 15 is 0 Å². The molecule has 4 heteroatoms. The lowest BCUT2D eigenvalue weighted by Crippen LogP contribution is -2.32. The van der Waals surface area contributed by atoms with Crippen LogP contribution in [0, 0.1) is 0 Å². The molecular weight excluding hydrogens is 1330 g/mol. The van der Waals surface area contributed by atoms with Crippen molar-refractivity contribution >= 4 is 73.0 Å². The smallest absolute Gasteiger partial charge is 0.0948 e. The predicted molar refractivity (Wildman–Crippen MR) is 464 cm³/mol.